The number of hydrogen-bond donors (Lipinski definition) is 1. The molecule has 1 aromatic rings. The predicted octanol–water partition coefficient (Wildman–Crippen LogP) is 3.65. The summed E-state index contributed by atoms with van der Waals surface area (Å²) in [6.45, 7) is 0. The van der Waals surface area contributed by atoms with Gasteiger partial charge >= 0.3 is 5.97 Å². The minimum absolute atomic E-state index is 0.391. The lowest BCUT2D eigenvalue weighted by Gasteiger charge is -1.94. The third kappa shape index (κ3) is 2.23. The molecule has 0 spiro atoms. The molecule has 0 aliphatic heterocycles. The van der Waals surface area contributed by atoms with Crippen molar-refractivity contribution >= 4 is 56.8 Å². The standard InChI is InChI=1S/C7H7BrO2S3/c1-11-6-3(5(9)10)4(8)7(12-2)13-6/h1-2H3,(H,9,10). The van der Waals surface area contributed by atoms with Crippen LogP contribution in [-0.2, 0) is 0 Å². The van der Waals surface area contributed by atoms with Crippen LogP contribution in [0.5, 0.6) is 0 Å². The maximum Gasteiger partial charge on any atom is 0.338 e. The summed E-state index contributed by atoms with van der Waals surface area (Å²) in [5.41, 5.74) is 0.391. The zero-order valence-electron chi connectivity index (χ0n) is 6.96. The molecule has 6 heteroatoms. The van der Waals surface area contributed by atoms with Crippen molar-refractivity contribution in [1.82, 2.24) is 0 Å². The van der Waals surface area contributed by atoms with Crippen LogP contribution in [0.1, 0.15) is 10.4 Å². The van der Waals surface area contributed by atoms with Crippen molar-refractivity contribution in [2.45, 2.75) is 8.42 Å². The van der Waals surface area contributed by atoms with Crippen molar-refractivity contribution in [2.24, 2.45) is 0 Å². The van der Waals surface area contributed by atoms with Crippen LogP contribution in [0.15, 0.2) is 12.9 Å². The Labute approximate surface area is 97.2 Å². The fourth-order valence-electron chi connectivity index (χ4n) is 0.828. The van der Waals surface area contributed by atoms with Gasteiger partial charge in [-0.3, -0.25) is 0 Å². The lowest BCUT2D eigenvalue weighted by atomic mass is 10.3. The van der Waals surface area contributed by atoms with E-state index in [1.165, 1.54) is 23.1 Å². The number of rotatable bonds is 3. The zero-order valence-corrected chi connectivity index (χ0v) is 11.0. The average Bonchev–Trinajstić information content (AvgIpc) is 2.41. The molecule has 2 nitrogen and oxygen atoms in total. The van der Waals surface area contributed by atoms with E-state index in [-0.39, 0.29) is 0 Å². The number of carboxylic acid groups (broad SMARTS) is 1. The van der Waals surface area contributed by atoms with Crippen molar-refractivity contribution in [1.29, 1.82) is 0 Å². The van der Waals surface area contributed by atoms with Crippen LogP contribution in [-0.4, -0.2) is 23.6 Å². The monoisotopic (exact) mass is 298 g/mol. The van der Waals surface area contributed by atoms with Crippen LogP contribution < -0.4 is 0 Å². The van der Waals surface area contributed by atoms with Gasteiger partial charge in [0.25, 0.3) is 0 Å². The van der Waals surface area contributed by atoms with E-state index < -0.39 is 5.97 Å². The molecular formula is C7H7BrO2S3. The van der Waals surface area contributed by atoms with E-state index in [9.17, 15) is 4.79 Å². The van der Waals surface area contributed by atoms with Crippen LogP contribution in [0.3, 0.4) is 0 Å². The molecule has 0 fully saturated rings. The van der Waals surface area contributed by atoms with Crippen LogP contribution in [0.2, 0.25) is 0 Å². The Morgan fingerprint density at radius 1 is 1.38 bits per heavy atom. The Balaban J connectivity index is 3.28. The fraction of sp³-hybridized carbons (Fsp3) is 0.286. The molecule has 0 aromatic carbocycles. The summed E-state index contributed by atoms with van der Waals surface area (Å²) in [6, 6.07) is 0. The maximum atomic E-state index is 10.9. The molecule has 0 amide bonds. The molecule has 0 unspecified atom stereocenters. The van der Waals surface area contributed by atoms with E-state index in [4.69, 9.17) is 5.11 Å². The molecule has 1 aromatic heterocycles. The van der Waals surface area contributed by atoms with Gasteiger partial charge in [0.05, 0.1) is 18.5 Å². The van der Waals surface area contributed by atoms with E-state index >= 15 is 0 Å². The molecule has 72 valence electrons. The summed E-state index contributed by atoms with van der Waals surface area (Å²) in [5, 5.41) is 8.94. The normalized spacial score (nSPS) is 10.4. The number of aromatic carboxylic acids is 1. The van der Waals surface area contributed by atoms with Gasteiger partial charge in [-0.2, -0.15) is 0 Å². The van der Waals surface area contributed by atoms with Crippen molar-refractivity contribution < 1.29 is 9.90 Å². The molecule has 0 radical (unpaired) electrons. The lowest BCUT2D eigenvalue weighted by Crippen LogP contribution is -1.96. The summed E-state index contributed by atoms with van der Waals surface area (Å²) in [7, 11) is 0. The lowest BCUT2D eigenvalue weighted by molar-refractivity contribution is 0.0693. The van der Waals surface area contributed by atoms with Crippen molar-refractivity contribution in [3.63, 3.8) is 0 Å². The van der Waals surface area contributed by atoms with E-state index in [0.29, 0.717) is 10.0 Å². The summed E-state index contributed by atoms with van der Waals surface area (Å²) >= 11 is 7.84. The topological polar surface area (TPSA) is 37.3 Å². The quantitative estimate of drug-likeness (QED) is 0.864. The first kappa shape index (κ1) is 11.4. The van der Waals surface area contributed by atoms with Gasteiger partial charge in [-0.15, -0.1) is 34.9 Å². The fourth-order valence-corrected chi connectivity index (χ4v) is 4.84. The van der Waals surface area contributed by atoms with Gasteiger partial charge in [-0.25, -0.2) is 4.79 Å². The Morgan fingerprint density at radius 2 is 1.92 bits per heavy atom. The maximum absolute atomic E-state index is 10.9. The highest BCUT2D eigenvalue weighted by Crippen LogP contribution is 2.42. The Morgan fingerprint density at radius 3 is 2.23 bits per heavy atom. The molecule has 0 saturated carbocycles. The van der Waals surface area contributed by atoms with Gasteiger partial charge in [0, 0.05) is 0 Å². The Kier molecular flexibility index (Phi) is 4.15. The Hall–Kier alpha value is 0.350. The second-order valence-electron chi connectivity index (χ2n) is 2.08. The van der Waals surface area contributed by atoms with Crippen molar-refractivity contribution in [3.05, 3.63) is 10.0 Å². The number of thioether (sulfide) groups is 2. The molecule has 13 heavy (non-hydrogen) atoms. The number of halogens is 1. The SMILES string of the molecule is CSc1sc(SC)c(C(=O)O)c1Br. The number of hydrogen-bond acceptors (Lipinski definition) is 4. The highest BCUT2D eigenvalue weighted by atomic mass is 79.9. The number of carbonyl (C=O) groups is 1. The van der Waals surface area contributed by atoms with E-state index in [0.717, 1.165) is 8.42 Å². The molecule has 0 atom stereocenters. The molecule has 0 aliphatic rings. The first-order valence-corrected chi connectivity index (χ1v) is 7.31. The van der Waals surface area contributed by atoms with Gasteiger partial charge < -0.3 is 5.11 Å². The third-order valence-electron chi connectivity index (χ3n) is 1.37. The smallest absolute Gasteiger partial charge is 0.338 e. The highest BCUT2D eigenvalue weighted by Gasteiger charge is 2.20. The van der Waals surface area contributed by atoms with Gasteiger partial charge in [0.1, 0.15) is 0 Å². The van der Waals surface area contributed by atoms with Crippen molar-refractivity contribution in [2.75, 3.05) is 12.5 Å². The molecular weight excluding hydrogens is 292 g/mol. The molecule has 1 rings (SSSR count). The minimum Gasteiger partial charge on any atom is -0.478 e. The largest absolute Gasteiger partial charge is 0.478 e. The van der Waals surface area contributed by atoms with E-state index in [1.54, 1.807) is 11.8 Å². The van der Waals surface area contributed by atoms with Crippen LogP contribution in [0.4, 0.5) is 0 Å². The summed E-state index contributed by atoms with van der Waals surface area (Å²) in [4.78, 5) is 10.9. The second-order valence-corrected chi connectivity index (χ2v) is 6.04. The Bertz CT molecular complexity index is 335. The summed E-state index contributed by atoms with van der Waals surface area (Å²) < 4.78 is 2.58. The number of thiophene rings is 1. The predicted molar refractivity (Wildman–Crippen MR) is 62.5 cm³/mol. The van der Waals surface area contributed by atoms with Crippen LogP contribution in [0, 0.1) is 0 Å². The van der Waals surface area contributed by atoms with Gasteiger partial charge in [-0.1, -0.05) is 0 Å². The van der Waals surface area contributed by atoms with E-state index in [1.807, 2.05) is 12.5 Å². The highest BCUT2D eigenvalue weighted by molar-refractivity contribution is 9.10. The van der Waals surface area contributed by atoms with Crippen LogP contribution in [0.25, 0.3) is 0 Å². The molecule has 0 aliphatic carbocycles. The number of carboxylic acids is 1. The molecule has 1 heterocycles. The average molecular weight is 299 g/mol. The first-order valence-electron chi connectivity index (χ1n) is 3.25. The third-order valence-corrected chi connectivity index (χ3v) is 6.12. The van der Waals surface area contributed by atoms with Crippen molar-refractivity contribution in [3.8, 4) is 0 Å². The summed E-state index contributed by atoms with van der Waals surface area (Å²) in [6.07, 6.45) is 3.82. The van der Waals surface area contributed by atoms with E-state index in [2.05, 4.69) is 15.9 Å². The molecule has 0 bridgehead atoms. The first-order chi connectivity index (χ1) is 6.11. The van der Waals surface area contributed by atoms with Gasteiger partial charge in [0.2, 0.25) is 0 Å². The summed E-state index contributed by atoms with van der Waals surface area (Å²) in [5.74, 6) is -0.868. The van der Waals surface area contributed by atoms with Crippen LogP contribution >= 0.6 is 50.8 Å². The zero-order chi connectivity index (χ0) is 10.0. The minimum atomic E-state index is -0.868. The van der Waals surface area contributed by atoms with Gasteiger partial charge in [-0.05, 0) is 28.4 Å². The molecule has 0 saturated heterocycles. The molecule has 1 N–H and O–H groups in total. The van der Waals surface area contributed by atoms with Gasteiger partial charge in [0.15, 0.2) is 0 Å². The second kappa shape index (κ2) is 4.72.